The second-order valence-corrected chi connectivity index (χ2v) is 20.2. The Kier molecular flexibility index (Phi) is 56.3. The van der Waals surface area contributed by atoms with Crippen LogP contribution in [0.4, 0.5) is 0 Å². The lowest BCUT2D eigenvalue weighted by Gasteiger charge is -2.18. The number of hydrogen-bond donors (Lipinski definition) is 0. The Labute approximate surface area is 413 Å². The van der Waals surface area contributed by atoms with Gasteiger partial charge in [0, 0.05) is 19.4 Å². The molecule has 66 heavy (non-hydrogen) atoms. The van der Waals surface area contributed by atoms with Crippen LogP contribution >= 0.6 is 0 Å². The van der Waals surface area contributed by atoms with Crippen molar-refractivity contribution < 1.29 is 23.8 Å². The Balaban J connectivity index is 4.17. The van der Waals surface area contributed by atoms with E-state index >= 15 is 0 Å². The van der Waals surface area contributed by atoms with Crippen LogP contribution in [0.2, 0.25) is 0 Å². The van der Waals surface area contributed by atoms with Crippen molar-refractivity contribution in [2.24, 2.45) is 0 Å². The van der Waals surface area contributed by atoms with Gasteiger partial charge in [-0.1, -0.05) is 270 Å². The first-order chi connectivity index (χ1) is 32.6. The van der Waals surface area contributed by atoms with Crippen LogP contribution in [0.1, 0.15) is 329 Å². The molecule has 0 unspecified atom stereocenters. The van der Waals surface area contributed by atoms with E-state index in [0.29, 0.717) is 19.4 Å². The Morgan fingerprint density at radius 2 is 0.530 bits per heavy atom. The summed E-state index contributed by atoms with van der Waals surface area (Å²) in [7, 11) is 0. The molecule has 0 aliphatic rings. The van der Waals surface area contributed by atoms with Gasteiger partial charge in [-0.2, -0.15) is 0 Å². The van der Waals surface area contributed by atoms with Crippen LogP contribution in [0, 0.1) is 0 Å². The van der Waals surface area contributed by atoms with Gasteiger partial charge in [-0.05, 0) is 70.6 Å². The van der Waals surface area contributed by atoms with Crippen molar-refractivity contribution in [2.75, 3.05) is 19.8 Å². The molecule has 0 heterocycles. The molecule has 0 rings (SSSR count). The highest BCUT2D eigenvalue weighted by atomic mass is 16.6. The van der Waals surface area contributed by atoms with Crippen LogP contribution in [-0.2, 0) is 23.8 Å². The Hall–Kier alpha value is -1.62. The van der Waals surface area contributed by atoms with Crippen molar-refractivity contribution in [3.8, 4) is 0 Å². The zero-order valence-electron chi connectivity index (χ0n) is 45.0. The minimum absolute atomic E-state index is 0.159. The molecular weight excluding hydrogens is 813 g/mol. The summed E-state index contributed by atoms with van der Waals surface area (Å²) in [5.41, 5.74) is 0. The lowest BCUT2D eigenvalue weighted by molar-refractivity contribution is -0.155. The highest BCUT2D eigenvalue weighted by Gasteiger charge is 2.16. The van der Waals surface area contributed by atoms with Gasteiger partial charge in [0.15, 0.2) is 0 Å². The van der Waals surface area contributed by atoms with E-state index in [1.54, 1.807) is 0 Å². The number of esters is 2. The highest BCUT2D eigenvalue weighted by Crippen LogP contribution is 2.17. The summed E-state index contributed by atoms with van der Waals surface area (Å²) in [4.78, 5) is 25.3. The normalized spacial score (nSPS) is 12.2. The number of allylic oxidation sites excluding steroid dienone is 4. The number of rotatable bonds is 56. The van der Waals surface area contributed by atoms with Gasteiger partial charge in [-0.15, -0.1) is 0 Å². The predicted octanol–water partition coefficient (Wildman–Crippen LogP) is 20.4. The highest BCUT2D eigenvalue weighted by molar-refractivity contribution is 5.69. The summed E-state index contributed by atoms with van der Waals surface area (Å²) >= 11 is 0. The van der Waals surface area contributed by atoms with E-state index in [-0.39, 0.29) is 25.2 Å². The summed E-state index contributed by atoms with van der Waals surface area (Å²) in [5.74, 6) is -0.325. The molecule has 0 aliphatic carbocycles. The molecule has 5 heteroatoms. The Morgan fingerprint density at radius 1 is 0.303 bits per heavy atom. The van der Waals surface area contributed by atoms with Crippen LogP contribution in [0.3, 0.4) is 0 Å². The molecule has 0 N–H and O–H groups in total. The molecule has 0 radical (unpaired) electrons. The van der Waals surface area contributed by atoms with Gasteiger partial charge in [0.25, 0.3) is 0 Å². The van der Waals surface area contributed by atoms with Crippen molar-refractivity contribution in [3.63, 3.8) is 0 Å². The van der Waals surface area contributed by atoms with Crippen molar-refractivity contribution in [3.05, 3.63) is 24.3 Å². The number of hydrogen-bond acceptors (Lipinski definition) is 5. The van der Waals surface area contributed by atoms with Gasteiger partial charge >= 0.3 is 11.9 Å². The molecule has 0 amide bonds. The average molecular weight is 930 g/mol. The van der Waals surface area contributed by atoms with Crippen molar-refractivity contribution in [2.45, 2.75) is 335 Å². The van der Waals surface area contributed by atoms with Gasteiger partial charge in [0.2, 0.25) is 0 Å². The minimum Gasteiger partial charge on any atom is -0.463 e. The van der Waals surface area contributed by atoms with E-state index in [9.17, 15) is 9.59 Å². The van der Waals surface area contributed by atoms with E-state index < -0.39 is 6.10 Å². The molecule has 0 aromatic heterocycles. The van der Waals surface area contributed by atoms with Gasteiger partial charge < -0.3 is 14.2 Å². The molecule has 0 aliphatic heterocycles. The standard InChI is InChI=1S/C61H116O5/c1-4-7-10-13-16-19-22-25-27-29-30-31-32-33-34-37-40-43-46-49-52-55-61(63)66-58-59(57-65-60(62)54-51-48-45-42-39-36-24-21-18-15-12-9-6-3)64-56-53-50-47-44-41-38-35-28-26-23-20-17-14-11-8-5-2/h21,24-25,27,59H,4-20,22-23,26,28-58H2,1-3H3/b24-21-,27-25-/t59-/m0/s1. The molecule has 390 valence electrons. The third-order valence-electron chi connectivity index (χ3n) is 13.5. The van der Waals surface area contributed by atoms with E-state index in [2.05, 4.69) is 45.1 Å². The van der Waals surface area contributed by atoms with E-state index in [1.807, 2.05) is 0 Å². The number of unbranched alkanes of at least 4 members (excludes halogenated alkanes) is 41. The Morgan fingerprint density at radius 3 is 0.818 bits per heavy atom. The maximum Gasteiger partial charge on any atom is 0.305 e. The maximum absolute atomic E-state index is 12.7. The number of carbonyl (C=O) groups is 2. The van der Waals surface area contributed by atoms with Gasteiger partial charge in [0.05, 0.1) is 0 Å². The first-order valence-corrected chi connectivity index (χ1v) is 29.9. The van der Waals surface area contributed by atoms with E-state index in [0.717, 1.165) is 44.9 Å². The lowest BCUT2D eigenvalue weighted by Crippen LogP contribution is -2.29. The average Bonchev–Trinajstić information content (AvgIpc) is 3.32. The quantitative estimate of drug-likeness (QED) is 0.0345. The topological polar surface area (TPSA) is 61.8 Å². The molecule has 0 aromatic rings. The first-order valence-electron chi connectivity index (χ1n) is 29.9. The Bertz CT molecular complexity index is 1010. The summed E-state index contributed by atoms with van der Waals surface area (Å²) in [5, 5.41) is 0. The fourth-order valence-electron chi connectivity index (χ4n) is 8.95. The smallest absolute Gasteiger partial charge is 0.305 e. The monoisotopic (exact) mass is 929 g/mol. The van der Waals surface area contributed by atoms with Crippen LogP contribution in [-0.4, -0.2) is 37.9 Å². The van der Waals surface area contributed by atoms with Gasteiger partial charge in [-0.3, -0.25) is 9.59 Å². The number of ether oxygens (including phenoxy) is 3. The third-order valence-corrected chi connectivity index (χ3v) is 13.5. The van der Waals surface area contributed by atoms with E-state index in [1.165, 1.54) is 250 Å². The molecule has 0 spiro atoms. The van der Waals surface area contributed by atoms with Gasteiger partial charge in [0.1, 0.15) is 19.3 Å². The molecule has 0 saturated heterocycles. The summed E-state index contributed by atoms with van der Waals surface area (Å²) < 4.78 is 17.5. The fraction of sp³-hybridized carbons (Fsp3) is 0.902. The number of carbonyl (C=O) groups excluding carboxylic acids is 2. The van der Waals surface area contributed by atoms with E-state index in [4.69, 9.17) is 14.2 Å². The lowest BCUT2D eigenvalue weighted by atomic mass is 10.0. The first kappa shape index (κ1) is 64.4. The van der Waals surface area contributed by atoms with Gasteiger partial charge in [-0.25, -0.2) is 0 Å². The second-order valence-electron chi connectivity index (χ2n) is 20.2. The molecule has 0 saturated carbocycles. The zero-order chi connectivity index (χ0) is 47.7. The van der Waals surface area contributed by atoms with Crippen LogP contribution in [0.15, 0.2) is 24.3 Å². The minimum atomic E-state index is -0.398. The molecule has 5 nitrogen and oxygen atoms in total. The van der Waals surface area contributed by atoms with Crippen molar-refractivity contribution in [1.82, 2.24) is 0 Å². The molecule has 1 atom stereocenters. The largest absolute Gasteiger partial charge is 0.463 e. The SMILES string of the molecule is CCCCCC/C=C\CCCCCCCC(=O)OC[C@@H](COC(=O)CCCCCCCCCCCCC/C=C\CCCCCCCC)OCCCCCCCCCCCCCCCCCC. The zero-order valence-corrected chi connectivity index (χ0v) is 45.0. The maximum atomic E-state index is 12.7. The summed E-state index contributed by atoms with van der Waals surface area (Å²) in [6.07, 6.45) is 69.4. The molecule has 0 bridgehead atoms. The van der Waals surface area contributed by atoms with Crippen molar-refractivity contribution >= 4 is 11.9 Å². The van der Waals surface area contributed by atoms with Crippen LogP contribution < -0.4 is 0 Å². The summed E-state index contributed by atoms with van der Waals surface area (Å²) in [6.45, 7) is 7.77. The molecule has 0 aromatic carbocycles. The van der Waals surface area contributed by atoms with Crippen molar-refractivity contribution in [1.29, 1.82) is 0 Å². The molecule has 0 fully saturated rings. The summed E-state index contributed by atoms with van der Waals surface area (Å²) in [6, 6.07) is 0. The fourth-order valence-corrected chi connectivity index (χ4v) is 8.95. The second kappa shape index (κ2) is 57.7. The van der Waals surface area contributed by atoms with Crippen LogP contribution in [0.25, 0.3) is 0 Å². The third kappa shape index (κ3) is 55.0. The molecular formula is C61H116O5. The van der Waals surface area contributed by atoms with Crippen LogP contribution in [0.5, 0.6) is 0 Å². The predicted molar refractivity (Wildman–Crippen MR) is 289 cm³/mol.